The van der Waals surface area contributed by atoms with E-state index in [0.29, 0.717) is 17.5 Å². The van der Waals surface area contributed by atoms with Gasteiger partial charge in [0, 0.05) is 30.8 Å². The van der Waals surface area contributed by atoms with Crippen LogP contribution in [0.2, 0.25) is 0 Å². The largest absolute Gasteiger partial charge is 0.507 e. The minimum atomic E-state index is 0.311. The summed E-state index contributed by atoms with van der Waals surface area (Å²) in [5.74, 6) is 1.01. The predicted octanol–water partition coefficient (Wildman–Crippen LogP) is 1.93. The highest BCUT2D eigenvalue weighted by Gasteiger charge is 2.22. The molecule has 1 aliphatic heterocycles. The first kappa shape index (κ1) is 14.2. The molecule has 1 aromatic carbocycles. The van der Waals surface area contributed by atoms with Gasteiger partial charge in [-0.1, -0.05) is 6.07 Å². The van der Waals surface area contributed by atoms with Gasteiger partial charge in [0.25, 0.3) is 0 Å². The molecule has 1 aliphatic rings. The van der Waals surface area contributed by atoms with Crippen LogP contribution >= 0.6 is 0 Å². The Labute approximate surface area is 115 Å². The van der Waals surface area contributed by atoms with Gasteiger partial charge in [0.2, 0.25) is 0 Å². The van der Waals surface area contributed by atoms with Gasteiger partial charge in [-0.05, 0) is 39.5 Å². The molecule has 4 heteroatoms. The molecule has 1 atom stereocenters. The zero-order valence-electron chi connectivity index (χ0n) is 12.1. The molecule has 106 valence electrons. The summed E-state index contributed by atoms with van der Waals surface area (Å²) in [5, 5.41) is 9.97. The third-order valence-corrected chi connectivity index (χ3v) is 3.93. The average Bonchev–Trinajstić information content (AvgIpc) is 2.77. The highest BCUT2D eigenvalue weighted by Crippen LogP contribution is 2.25. The molecule has 19 heavy (non-hydrogen) atoms. The van der Waals surface area contributed by atoms with Gasteiger partial charge >= 0.3 is 0 Å². The average molecular weight is 264 g/mol. The molecular formula is C15H24N2O2. The number of nitrogens with zero attached hydrogens (tertiary/aromatic N) is 2. The molecule has 0 saturated carbocycles. The lowest BCUT2D eigenvalue weighted by atomic mass is 10.1. The van der Waals surface area contributed by atoms with Crippen LogP contribution in [0.5, 0.6) is 11.5 Å². The number of ether oxygens (including phenoxy) is 1. The van der Waals surface area contributed by atoms with Gasteiger partial charge in [0.15, 0.2) is 0 Å². The Morgan fingerprint density at radius 1 is 1.47 bits per heavy atom. The SMILES string of the molecule is COc1ccc(CN(C)CC2CCCN2C)c(O)c1. The Morgan fingerprint density at radius 2 is 2.26 bits per heavy atom. The number of methoxy groups -OCH3 is 1. The lowest BCUT2D eigenvalue weighted by molar-refractivity contribution is 0.214. The van der Waals surface area contributed by atoms with E-state index in [4.69, 9.17) is 4.74 Å². The number of rotatable bonds is 5. The van der Waals surface area contributed by atoms with Crippen molar-refractivity contribution in [2.24, 2.45) is 0 Å². The van der Waals surface area contributed by atoms with Crippen LogP contribution in [-0.4, -0.2) is 55.2 Å². The standard InChI is InChI=1S/C15H24N2O2/c1-16(11-13-5-4-8-17(13)2)10-12-6-7-14(19-3)9-15(12)18/h6-7,9,13,18H,4-5,8,10-11H2,1-3H3. The van der Waals surface area contributed by atoms with Crippen molar-refractivity contribution >= 4 is 0 Å². The van der Waals surface area contributed by atoms with Crippen LogP contribution in [0.1, 0.15) is 18.4 Å². The quantitative estimate of drug-likeness (QED) is 0.881. The summed E-state index contributed by atoms with van der Waals surface area (Å²) in [6.45, 7) is 3.01. The Bertz CT molecular complexity index is 423. The van der Waals surface area contributed by atoms with Gasteiger partial charge in [0.1, 0.15) is 11.5 Å². The van der Waals surface area contributed by atoms with Crippen molar-refractivity contribution in [2.45, 2.75) is 25.4 Å². The third-order valence-electron chi connectivity index (χ3n) is 3.93. The van der Waals surface area contributed by atoms with E-state index in [1.165, 1.54) is 19.4 Å². The van der Waals surface area contributed by atoms with E-state index in [2.05, 4.69) is 23.9 Å². The van der Waals surface area contributed by atoms with Crippen molar-refractivity contribution in [3.05, 3.63) is 23.8 Å². The first-order valence-electron chi connectivity index (χ1n) is 6.85. The Balaban J connectivity index is 1.93. The van der Waals surface area contributed by atoms with E-state index in [1.807, 2.05) is 12.1 Å². The zero-order valence-corrected chi connectivity index (χ0v) is 12.1. The van der Waals surface area contributed by atoms with E-state index >= 15 is 0 Å². The lowest BCUT2D eigenvalue weighted by Crippen LogP contribution is -2.36. The first-order valence-corrected chi connectivity index (χ1v) is 6.85. The number of hydrogen-bond donors (Lipinski definition) is 1. The van der Waals surface area contributed by atoms with Crippen molar-refractivity contribution < 1.29 is 9.84 Å². The summed E-state index contributed by atoms with van der Waals surface area (Å²) in [5.41, 5.74) is 0.948. The molecule has 1 heterocycles. The Hall–Kier alpha value is -1.26. The topological polar surface area (TPSA) is 35.9 Å². The number of hydrogen-bond acceptors (Lipinski definition) is 4. The maximum absolute atomic E-state index is 9.97. The molecule has 4 nitrogen and oxygen atoms in total. The maximum Gasteiger partial charge on any atom is 0.123 e. The summed E-state index contributed by atoms with van der Waals surface area (Å²) in [6, 6.07) is 6.14. The first-order chi connectivity index (χ1) is 9.10. The minimum Gasteiger partial charge on any atom is -0.507 e. The lowest BCUT2D eigenvalue weighted by Gasteiger charge is -2.26. The van der Waals surface area contributed by atoms with Gasteiger partial charge in [0.05, 0.1) is 7.11 Å². The van der Waals surface area contributed by atoms with E-state index in [-0.39, 0.29) is 0 Å². The fraction of sp³-hybridized carbons (Fsp3) is 0.600. The van der Waals surface area contributed by atoms with Crippen LogP contribution in [0.15, 0.2) is 18.2 Å². The van der Waals surface area contributed by atoms with Gasteiger partial charge in [-0.15, -0.1) is 0 Å². The second-order valence-corrected chi connectivity index (χ2v) is 5.47. The van der Waals surface area contributed by atoms with Crippen LogP contribution in [-0.2, 0) is 6.54 Å². The van der Waals surface area contributed by atoms with Crippen LogP contribution in [0.25, 0.3) is 0 Å². The molecule has 0 aromatic heterocycles. The molecular weight excluding hydrogens is 240 g/mol. The number of benzene rings is 1. The van der Waals surface area contributed by atoms with Crippen molar-refractivity contribution in [1.29, 1.82) is 0 Å². The summed E-state index contributed by atoms with van der Waals surface area (Å²) in [4.78, 5) is 4.69. The van der Waals surface area contributed by atoms with E-state index in [9.17, 15) is 5.11 Å². The maximum atomic E-state index is 9.97. The van der Waals surface area contributed by atoms with Crippen LogP contribution in [0.4, 0.5) is 0 Å². The Morgan fingerprint density at radius 3 is 2.84 bits per heavy atom. The molecule has 2 rings (SSSR count). The molecule has 1 saturated heterocycles. The molecule has 1 fully saturated rings. The summed E-state index contributed by atoms with van der Waals surface area (Å²) in [7, 11) is 5.91. The fourth-order valence-corrected chi connectivity index (χ4v) is 2.73. The van der Waals surface area contributed by atoms with Crippen molar-refractivity contribution in [3.63, 3.8) is 0 Å². The second-order valence-electron chi connectivity index (χ2n) is 5.47. The van der Waals surface area contributed by atoms with Gasteiger partial charge < -0.3 is 19.6 Å². The number of likely N-dealkylation sites (N-methyl/N-ethyl adjacent to an activating group) is 2. The molecule has 1 unspecified atom stereocenters. The highest BCUT2D eigenvalue weighted by molar-refractivity contribution is 5.39. The third kappa shape index (κ3) is 3.61. The highest BCUT2D eigenvalue weighted by atomic mass is 16.5. The molecule has 1 aromatic rings. The molecule has 0 amide bonds. The number of likely N-dealkylation sites (tertiary alicyclic amines) is 1. The second kappa shape index (κ2) is 6.26. The summed E-state index contributed by atoms with van der Waals surface area (Å²) < 4.78 is 5.10. The van der Waals surface area contributed by atoms with Crippen molar-refractivity contribution in [1.82, 2.24) is 9.80 Å². The van der Waals surface area contributed by atoms with Crippen molar-refractivity contribution in [2.75, 3.05) is 34.3 Å². The summed E-state index contributed by atoms with van der Waals surface area (Å²) in [6.07, 6.45) is 2.57. The van der Waals surface area contributed by atoms with Crippen LogP contribution < -0.4 is 4.74 Å². The number of phenols is 1. The fourth-order valence-electron chi connectivity index (χ4n) is 2.73. The van der Waals surface area contributed by atoms with Crippen LogP contribution in [0.3, 0.4) is 0 Å². The van der Waals surface area contributed by atoms with Gasteiger partial charge in [-0.2, -0.15) is 0 Å². The molecule has 0 aliphatic carbocycles. The molecule has 0 bridgehead atoms. The monoisotopic (exact) mass is 264 g/mol. The smallest absolute Gasteiger partial charge is 0.123 e. The molecule has 0 spiro atoms. The van der Waals surface area contributed by atoms with Gasteiger partial charge in [-0.3, -0.25) is 0 Å². The minimum absolute atomic E-state index is 0.311. The van der Waals surface area contributed by atoms with E-state index in [1.54, 1.807) is 13.2 Å². The van der Waals surface area contributed by atoms with Crippen molar-refractivity contribution in [3.8, 4) is 11.5 Å². The number of aromatic hydroxyl groups is 1. The summed E-state index contributed by atoms with van der Waals surface area (Å²) >= 11 is 0. The zero-order chi connectivity index (χ0) is 13.8. The van der Waals surface area contributed by atoms with E-state index < -0.39 is 0 Å². The number of phenolic OH excluding ortho intramolecular Hbond substituents is 1. The van der Waals surface area contributed by atoms with E-state index in [0.717, 1.165) is 18.7 Å². The molecule has 1 N–H and O–H groups in total. The van der Waals surface area contributed by atoms with Crippen LogP contribution in [0, 0.1) is 0 Å². The molecule has 0 radical (unpaired) electrons. The van der Waals surface area contributed by atoms with Gasteiger partial charge in [-0.25, -0.2) is 0 Å². The normalized spacial score (nSPS) is 20.1. The Kier molecular flexibility index (Phi) is 4.66. The predicted molar refractivity (Wildman–Crippen MR) is 76.6 cm³/mol.